The Morgan fingerprint density at radius 1 is 1.10 bits per heavy atom. The Bertz CT molecular complexity index is 593. The lowest BCUT2D eigenvalue weighted by Crippen LogP contribution is -2.10. The fraction of sp³-hybridized carbons (Fsp3) is 0.294. The minimum Gasteiger partial charge on any atom is -0.507 e. The van der Waals surface area contributed by atoms with Crippen molar-refractivity contribution in [3.8, 4) is 5.75 Å². The lowest BCUT2D eigenvalue weighted by molar-refractivity contribution is 0.467. The average Bonchev–Trinajstić information content (AvgIpc) is 2.45. The van der Waals surface area contributed by atoms with Gasteiger partial charge in [-0.3, -0.25) is 0 Å². The van der Waals surface area contributed by atoms with Crippen LogP contribution in [0.1, 0.15) is 36.1 Å². The number of phenols is 1. The zero-order valence-corrected chi connectivity index (χ0v) is 12.1. The molecule has 20 heavy (non-hydrogen) atoms. The largest absolute Gasteiger partial charge is 0.507 e. The number of nitrogens with one attached hydrogen (secondary N) is 1. The van der Waals surface area contributed by atoms with Crippen molar-refractivity contribution in [2.45, 2.75) is 33.2 Å². The number of rotatable bonds is 4. The van der Waals surface area contributed by atoms with E-state index in [1.165, 1.54) is 12.1 Å². The summed E-state index contributed by atoms with van der Waals surface area (Å²) in [6, 6.07) is 10.5. The summed E-state index contributed by atoms with van der Waals surface area (Å²) in [6.07, 6.45) is 0.875. The highest BCUT2D eigenvalue weighted by molar-refractivity contribution is 5.59. The minimum absolute atomic E-state index is 0.0939. The van der Waals surface area contributed by atoms with Crippen LogP contribution >= 0.6 is 0 Å². The number of benzene rings is 2. The molecule has 2 N–H and O–H groups in total. The van der Waals surface area contributed by atoms with E-state index in [9.17, 15) is 9.50 Å². The van der Waals surface area contributed by atoms with Gasteiger partial charge in [0.05, 0.1) is 6.04 Å². The molecule has 2 aromatic carbocycles. The Morgan fingerprint density at radius 2 is 1.75 bits per heavy atom. The Hall–Kier alpha value is -2.03. The highest BCUT2D eigenvalue weighted by Gasteiger charge is 2.12. The van der Waals surface area contributed by atoms with Gasteiger partial charge >= 0.3 is 0 Å². The van der Waals surface area contributed by atoms with Crippen LogP contribution < -0.4 is 5.32 Å². The van der Waals surface area contributed by atoms with Gasteiger partial charge in [0, 0.05) is 11.3 Å². The van der Waals surface area contributed by atoms with E-state index in [0.717, 1.165) is 28.8 Å². The van der Waals surface area contributed by atoms with E-state index in [-0.39, 0.29) is 11.9 Å². The molecule has 3 heteroatoms. The molecule has 0 saturated carbocycles. The summed E-state index contributed by atoms with van der Waals surface area (Å²) in [7, 11) is 0. The number of hydrogen-bond donors (Lipinski definition) is 2. The molecule has 0 radical (unpaired) electrons. The van der Waals surface area contributed by atoms with Crippen LogP contribution in [0.5, 0.6) is 5.75 Å². The van der Waals surface area contributed by atoms with Gasteiger partial charge in [-0.1, -0.05) is 25.1 Å². The second kappa shape index (κ2) is 5.95. The summed E-state index contributed by atoms with van der Waals surface area (Å²) in [5, 5.41) is 13.4. The van der Waals surface area contributed by atoms with Crippen LogP contribution in [0.4, 0.5) is 10.1 Å². The van der Waals surface area contributed by atoms with Gasteiger partial charge in [-0.25, -0.2) is 4.39 Å². The van der Waals surface area contributed by atoms with Crippen molar-refractivity contribution < 1.29 is 9.50 Å². The van der Waals surface area contributed by atoms with Crippen molar-refractivity contribution >= 4 is 5.69 Å². The molecule has 1 unspecified atom stereocenters. The van der Waals surface area contributed by atoms with Crippen molar-refractivity contribution in [2.24, 2.45) is 0 Å². The first kappa shape index (κ1) is 14.4. The second-order valence-electron chi connectivity index (χ2n) is 5.06. The molecule has 0 aliphatic carbocycles. The van der Waals surface area contributed by atoms with Crippen LogP contribution in [0.3, 0.4) is 0 Å². The van der Waals surface area contributed by atoms with Gasteiger partial charge in [-0.2, -0.15) is 0 Å². The van der Waals surface area contributed by atoms with E-state index in [2.05, 4.69) is 12.2 Å². The quantitative estimate of drug-likeness (QED) is 0.845. The second-order valence-corrected chi connectivity index (χ2v) is 5.06. The summed E-state index contributed by atoms with van der Waals surface area (Å²) in [4.78, 5) is 0. The molecule has 2 nitrogen and oxygen atoms in total. The average molecular weight is 273 g/mol. The van der Waals surface area contributed by atoms with Crippen molar-refractivity contribution in [1.29, 1.82) is 0 Å². The van der Waals surface area contributed by atoms with Crippen LogP contribution in [0.25, 0.3) is 0 Å². The summed E-state index contributed by atoms with van der Waals surface area (Å²) in [5.74, 6) is 0.0942. The monoisotopic (exact) mass is 273 g/mol. The standard InChI is InChI=1S/C17H20FNO/c1-4-15(13-6-8-14(18)9-7-13)19-16-10-5-11(2)17(20)12(16)3/h5-10,15,19-20H,4H2,1-3H3. The first-order valence-corrected chi connectivity index (χ1v) is 6.84. The van der Waals surface area contributed by atoms with Gasteiger partial charge in [0.1, 0.15) is 11.6 Å². The van der Waals surface area contributed by atoms with Gasteiger partial charge in [0.25, 0.3) is 0 Å². The maximum absolute atomic E-state index is 13.0. The molecule has 106 valence electrons. The van der Waals surface area contributed by atoms with E-state index in [0.29, 0.717) is 5.75 Å². The number of halogens is 1. The zero-order chi connectivity index (χ0) is 14.7. The summed E-state index contributed by atoms with van der Waals surface area (Å²) >= 11 is 0. The van der Waals surface area contributed by atoms with Crippen molar-refractivity contribution in [2.75, 3.05) is 5.32 Å². The predicted octanol–water partition coefficient (Wildman–Crippen LogP) is 4.71. The lowest BCUT2D eigenvalue weighted by atomic mass is 10.0. The van der Waals surface area contributed by atoms with Crippen LogP contribution in [0.2, 0.25) is 0 Å². The number of phenolic OH excluding ortho intramolecular Hbond substituents is 1. The van der Waals surface area contributed by atoms with E-state index in [1.54, 1.807) is 12.1 Å². The molecular weight excluding hydrogens is 253 g/mol. The lowest BCUT2D eigenvalue weighted by Gasteiger charge is -2.21. The maximum atomic E-state index is 13.0. The molecule has 2 aromatic rings. The molecule has 0 amide bonds. The third-order valence-electron chi connectivity index (χ3n) is 3.64. The highest BCUT2D eigenvalue weighted by atomic mass is 19.1. The fourth-order valence-electron chi connectivity index (χ4n) is 2.30. The van der Waals surface area contributed by atoms with Crippen LogP contribution in [-0.4, -0.2) is 5.11 Å². The molecule has 0 aromatic heterocycles. The molecule has 0 saturated heterocycles. The molecule has 0 fully saturated rings. The van der Waals surface area contributed by atoms with Gasteiger partial charge in [-0.05, 0) is 49.6 Å². The van der Waals surface area contributed by atoms with E-state index in [4.69, 9.17) is 0 Å². The van der Waals surface area contributed by atoms with Crippen molar-refractivity contribution in [3.63, 3.8) is 0 Å². The minimum atomic E-state index is -0.229. The van der Waals surface area contributed by atoms with Gasteiger partial charge < -0.3 is 10.4 Å². The molecule has 1 atom stereocenters. The summed E-state index contributed by atoms with van der Waals surface area (Å²) in [6.45, 7) is 5.84. The topological polar surface area (TPSA) is 32.3 Å². The van der Waals surface area contributed by atoms with Gasteiger partial charge in [0.15, 0.2) is 0 Å². The van der Waals surface area contributed by atoms with Gasteiger partial charge in [-0.15, -0.1) is 0 Å². The molecule has 0 bridgehead atoms. The zero-order valence-electron chi connectivity index (χ0n) is 12.1. The Morgan fingerprint density at radius 3 is 2.35 bits per heavy atom. The number of hydrogen-bond acceptors (Lipinski definition) is 2. The molecular formula is C17H20FNO. The van der Waals surface area contributed by atoms with Crippen molar-refractivity contribution in [1.82, 2.24) is 0 Å². The van der Waals surface area contributed by atoms with Crippen LogP contribution in [0, 0.1) is 19.7 Å². The number of anilines is 1. The third kappa shape index (κ3) is 2.93. The van der Waals surface area contributed by atoms with E-state index in [1.807, 2.05) is 26.0 Å². The molecule has 2 rings (SSSR count). The highest BCUT2D eigenvalue weighted by Crippen LogP contribution is 2.31. The Labute approximate surface area is 119 Å². The van der Waals surface area contributed by atoms with Crippen molar-refractivity contribution in [3.05, 3.63) is 58.9 Å². The number of aryl methyl sites for hydroxylation is 1. The molecule has 0 heterocycles. The Balaban J connectivity index is 2.27. The first-order chi connectivity index (χ1) is 9.52. The van der Waals surface area contributed by atoms with Crippen LogP contribution in [-0.2, 0) is 0 Å². The molecule has 0 aliphatic heterocycles. The smallest absolute Gasteiger partial charge is 0.123 e. The number of aromatic hydroxyl groups is 1. The maximum Gasteiger partial charge on any atom is 0.123 e. The molecule has 0 aliphatic rings. The Kier molecular flexibility index (Phi) is 4.28. The van der Waals surface area contributed by atoms with Gasteiger partial charge in [0.2, 0.25) is 0 Å². The normalized spacial score (nSPS) is 12.2. The molecule has 0 spiro atoms. The third-order valence-corrected chi connectivity index (χ3v) is 3.64. The summed E-state index contributed by atoms with van der Waals surface area (Å²) in [5.41, 5.74) is 3.64. The summed E-state index contributed by atoms with van der Waals surface area (Å²) < 4.78 is 13.0. The van der Waals surface area contributed by atoms with E-state index < -0.39 is 0 Å². The fourth-order valence-corrected chi connectivity index (χ4v) is 2.30. The predicted molar refractivity (Wildman–Crippen MR) is 80.6 cm³/mol. The first-order valence-electron chi connectivity index (χ1n) is 6.84. The van der Waals surface area contributed by atoms with E-state index >= 15 is 0 Å². The van der Waals surface area contributed by atoms with Crippen LogP contribution in [0.15, 0.2) is 36.4 Å². The SMILES string of the molecule is CCC(Nc1ccc(C)c(O)c1C)c1ccc(F)cc1.